The number of para-hydroxylation sites is 1. The van der Waals surface area contributed by atoms with Gasteiger partial charge in [-0.15, -0.1) is 12.4 Å². The smallest absolute Gasteiger partial charge is 0.310 e. The average molecular weight is 411 g/mol. The normalized spacial score (nSPS) is 10.7. The SMILES string of the molecule is CCOC(=O)Cc1ccc(Nc2c3ccccc3nc3c2c(C)nn3C)cc1.Cl. The zero-order chi connectivity index (χ0) is 19.7. The van der Waals surface area contributed by atoms with Crippen LogP contribution in [0.2, 0.25) is 0 Å². The average Bonchev–Trinajstić information content (AvgIpc) is 2.97. The van der Waals surface area contributed by atoms with Crippen LogP contribution in [0.4, 0.5) is 11.4 Å². The summed E-state index contributed by atoms with van der Waals surface area (Å²) in [6.45, 7) is 4.20. The van der Waals surface area contributed by atoms with Crippen LogP contribution in [0, 0.1) is 6.92 Å². The van der Waals surface area contributed by atoms with Crippen LogP contribution in [0.5, 0.6) is 0 Å². The van der Waals surface area contributed by atoms with E-state index in [0.29, 0.717) is 6.61 Å². The summed E-state index contributed by atoms with van der Waals surface area (Å²) < 4.78 is 6.82. The Morgan fingerprint density at radius 3 is 2.59 bits per heavy atom. The third-order valence-corrected chi connectivity index (χ3v) is 4.72. The van der Waals surface area contributed by atoms with E-state index >= 15 is 0 Å². The van der Waals surface area contributed by atoms with Crippen molar-refractivity contribution in [2.24, 2.45) is 7.05 Å². The van der Waals surface area contributed by atoms with E-state index in [9.17, 15) is 4.79 Å². The molecule has 0 unspecified atom stereocenters. The van der Waals surface area contributed by atoms with Crippen molar-refractivity contribution < 1.29 is 9.53 Å². The topological polar surface area (TPSA) is 69.0 Å². The van der Waals surface area contributed by atoms with Crippen molar-refractivity contribution in [3.05, 3.63) is 59.8 Å². The molecule has 0 spiro atoms. The zero-order valence-corrected chi connectivity index (χ0v) is 17.4. The van der Waals surface area contributed by atoms with Crippen molar-refractivity contribution in [3.63, 3.8) is 0 Å². The lowest BCUT2D eigenvalue weighted by atomic mass is 10.1. The van der Waals surface area contributed by atoms with Gasteiger partial charge in [0, 0.05) is 18.1 Å². The van der Waals surface area contributed by atoms with Gasteiger partial charge in [0.2, 0.25) is 0 Å². The van der Waals surface area contributed by atoms with Gasteiger partial charge in [-0.2, -0.15) is 5.10 Å². The highest BCUT2D eigenvalue weighted by atomic mass is 35.5. The Labute approximate surface area is 175 Å². The number of fused-ring (bicyclic) bond motifs is 2. The molecule has 2 aromatic carbocycles. The number of ether oxygens (including phenoxy) is 1. The second-order valence-corrected chi connectivity index (χ2v) is 6.72. The van der Waals surface area contributed by atoms with Crippen LogP contribution in [0.25, 0.3) is 21.9 Å². The van der Waals surface area contributed by atoms with Gasteiger partial charge in [-0.3, -0.25) is 9.48 Å². The zero-order valence-electron chi connectivity index (χ0n) is 16.6. The van der Waals surface area contributed by atoms with Crippen LogP contribution < -0.4 is 5.32 Å². The number of carbonyl (C=O) groups excluding carboxylic acids is 1. The number of hydrogen-bond acceptors (Lipinski definition) is 5. The lowest BCUT2D eigenvalue weighted by Gasteiger charge is -2.12. The summed E-state index contributed by atoms with van der Waals surface area (Å²) in [6.07, 6.45) is 0.276. The Hall–Kier alpha value is -3.12. The second kappa shape index (κ2) is 8.49. The molecule has 0 fully saturated rings. The minimum atomic E-state index is -0.212. The lowest BCUT2D eigenvalue weighted by Crippen LogP contribution is -2.07. The van der Waals surface area contributed by atoms with Gasteiger partial charge in [-0.05, 0) is 37.6 Å². The highest BCUT2D eigenvalue weighted by Crippen LogP contribution is 2.34. The number of esters is 1. The Morgan fingerprint density at radius 2 is 1.86 bits per heavy atom. The summed E-state index contributed by atoms with van der Waals surface area (Å²) in [5, 5.41) is 10.1. The van der Waals surface area contributed by atoms with Crippen LogP contribution in [-0.2, 0) is 23.0 Å². The summed E-state index contributed by atoms with van der Waals surface area (Å²) in [7, 11) is 1.91. The van der Waals surface area contributed by atoms with E-state index in [-0.39, 0.29) is 24.8 Å². The molecular formula is C22H23ClN4O2. The van der Waals surface area contributed by atoms with Crippen molar-refractivity contribution in [3.8, 4) is 0 Å². The second-order valence-electron chi connectivity index (χ2n) is 6.72. The molecule has 4 rings (SSSR count). The molecular weight excluding hydrogens is 388 g/mol. The Bertz CT molecular complexity index is 1170. The molecule has 7 heteroatoms. The predicted molar refractivity (Wildman–Crippen MR) is 118 cm³/mol. The predicted octanol–water partition coefficient (Wildman–Crippen LogP) is 4.70. The molecule has 0 saturated carbocycles. The number of pyridine rings is 1. The number of rotatable bonds is 5. The molecule has 0 radical (unpaired) electrons. The van der Waals surface area contributed by atoms with Crippen LogP contribution >= 0.6 is 12.4 Å². The van der Waals surface area contributed by atoms with Gasteiger partial charge in [0.05, 0.1) is 35.3 Å². The standard InChI is InChI=1S/C22H22N4O2.ClH/c1-4-28-19(27)13-15-9-11-16(12-10-15)23-21-17-7-5-6-8-18(17)24-22-20(21)14(2)25-26(22)3;/h5-12H,4,13H2,1-3H3,(H,23,24);1H. The van der Waals surface area contributed by atoms with Gasteiger partial charge in [0.1, 0.15) is 0 Å². The molecule has 0 aliphatic carbocycles. The van der Waals surface area contributed by atoms with Gasteiger partial charge >= 0.3 is 5.97 Å². The summed E-state index contributed by atoms with van der Waals surface area (Å²) in [5.74, 6) is -0.212. The molecule has 0 saturated heterocycles. The minimum absolute atomic E-state index is 0. The van der Waals surface area contributed by atoms with Crippen molar-refractivity contribution in [1.82, 2.24) is 14.8 Å². The molecule has 6 nitrogen and oxygen atoms in total. The molecule has 150 valence electrons. The van der Waals surface area contributed by atoms with Gasteiger partial charge in [0.15, 0.2) is 5.65 Å². The van der Waals surface area contributed by atoms with E-state index in [1.807, 2.05) is 68.0 Å². The van der Waals surface area contributed by atoms with E-state index in [0.717, 1.165) is 44.6 Å². The number of nitrogens with zero attached hydrogens (tertiary/aromatic N) is 3. The Morgan fingerprint density at radius 1 is 1.14 bits per heavy atom. The first kappa shape index (κ1) is 20.6. The number of hydrogen-bond donors (Lipinski definition) is 1. The molecule has 2 heterocycles. The molecule has 0 aliphatic rings. The third-order valence-electron chi connectivity index (χ3n) is 4.72. The van der Waals surface area contributed by atoms with Gasteiger partial charge in [-0.1, -0.05) is 30.3 Å². The molecule has 1 N–H and O–H groups in total. The lowest BCUT2D eigenvalue weighted by molar-refractivity contribution is -0.142. The summed E-state index contributed by atoms with van der Waals surface area (Å²) in [6, 6.07) is 15.9. The number of carbonyl (C=O) groups is 1. The van der Waals surface area contributed by atoms with E-state index in [1.165, 1.54) is 0 Å². The van der Waals surface area contributed by atoms with Crippen LogP contribution in [-0.4, -0.2) is 27.3 Å². The number of benzene rings is 2. The van der Waals surface area contributed by atoms with Crippen molar-refractivity contribution in [2.75, 3.05) is 11.9 Å². The van der Waals surface area contributed by atoms with Gasteiger partial charge in [0.25, 0.3) is 0 Å². The first-order chi connectivity index (χ1) is 13.6. The number of aromatic nitrogens is 3. The summed E-state index contributed by atoms with van der Waals surface area (Å²) >= 11 is 0. The maximum Gasteiger partial charge on any atom is 0.310 e. The Balaban J connectivity index is 0.00000240. The van der Waals surface area contributed by atoms with Crippen molar-refractivity contribution in [2.45, 2.75) is 20.3 Å². The van der Waals surface area contributed by atoms with Crippen LogP contribution in [0.1, 0.15) is 18.2 Å². The fourth-order valence-corrected chi connectivity index (χ4v) is 3.46. The number of anilines is 2. The van der Waals surface area contributed by atoms with Crippen molar-refractivity contribution in [1.29, 1.82) is 0 Å². The Kier molecular flexibility index (Phi) is 6.03. The quantitative estimate of drug-likeness (QED) is 0.483. The highest BCUT2D eigenvalue weighted by Gasteiger charge is 2.15. The number of aryl methyl sites for hydroxylation is 2. The first-order valence-corrected chi connectivity index (χ1v) is 9.30. The van der Waals surface area contributed by atoms with Gasteiger partial charge < -0.3 is 10.1 Å². The summed E-state index contributed by atoms with van der Waals surface area (Å²) in [4.78, 5) is 16.4. The molecule has 4 aromatic rings. The summed E-state index contributed by atoms with van der Waals surface area (Å²) in [5.41, 5.74) is 5.54. The van der Waals surface area contributed by atoms with Crippen molar-refractivity contribution >= 4 is 51.7 Å². The van der Waals surface area contributed by atoms with Crippen LogP contribution in [0.3, 0.4) is 0 Å². The fraction of sp³-hybridized carbons (Fsp3) is 0.227. The number of halogens is 1. The maximum atomic E-state index is 11.7. The minimum Gasteiger partial charge on any atom is -0.466 e. The third kappa shape index (κ3) is 4.03. The number of nitrogens with one attached hydrogen (secondary N) is 1. The fourth-order valence-electron chi connectivity index (χ4n) is 3.46. The van der Waals surface area contributed by atoms with E-state index in [4.69, 9.17) is 9.72 Å². The van der Waals surface area contributed by atoms with E-state index in [1.54, 1.807) is 0 Å². The monoisotopic (exact) mass is 410 g/mol. The first-order valence-electron chi connectivity index (χ1n) is 9.30. The molecule has 0 bridgehead atoms. The largest absolute Gasteiger partial charge is 0.466 e. The maximum absolute atomic E-state index is 11.7. The molecule has 0 amide bonds. The molecule has 29 heavy (non-hydrogen) atoms. The molecule has 0 atom stereocenters. The molecule has 0 aliphatic heterocycles. The van der Waals surface area contributed by atoms with Crippen LogP contribution in [0.15, 0.2) is 48.5 Å². The van der Waals surface area contributed by atoms with E-state index < -0.39 is 0 Å². The van der Waals surface area contributed by atoms with E-state index in [2.05, 4.69) is 16.5 Å². The molecule has 2 aromatic heterocycles. The highest BCUT2D eigenvalue weighted by molar-refractivity contribution is 6.08. The van der Waals surface area contributed by atoms with Gasteiger partial charge in [-0.25, -0.2) is 4.98 Å².